The molecule has 1 saturated heterocycles. The summed E-state index contributed by atoms with van der Waals surface area (Å²) in [6.45, 7) is 4.85. The molecule has 0 aliphatic carbocycles. The van der Waals surface area contributed by atoms with Gasteiger partial charge < -0.3 is 10.6 Å². The first kappa shape index (κ1) is 16.0. The fraction of sp³-hybridized carbons (Fsp3) is 0.588. The number of hydrogen-bond acceptors (Lipinski definition) is 2. The van der Waals surface area contributed by atoms with E-state index < -0.39 is 0 Å². The molecule has 0 aromatic heterocycles. The van der Waals surface area contributed by atoms with Crippen LogP contribution >= 0.6 is 0 Å². The maximum atomic E-state index is 13.0. The van der Waals surface area contributed by atoms with Gasteiger partial charge in [-0.15, -0.1) is 0 Å². The van der Waals surface area contributed by atoms with E-state index in [1.165, 1.54) is 25.0 Å². The zero-order chi connectivity index (χ0) is 15.1. The molecule has 0 saturated carbocycles. The van der Waals surface area contributed by atoms with Gasteiger partial charge in [-0.2, -0.15) is 0 Å². The predicted molar refractivity (Wildman–Crippen MR) is 82.5 cm³/mol. The van der Waals surface area contributed by atoms with Crippen molar-refractivity contribution in [3.05, 3.63) is 35.6 Å². The molecule has 1 aromatic carbocycles. The summed E-state index contributed by atoms with van der Waals surface area (Å²) in [5.41, 5.74) is 0.917. The van der Waals surface area contributed by atoms with Crippen LogP contribution in [0.3, 0.4) is 0 Å². The average molecular weight is 292 g/mol. The molecule has 3 nitrogen and oxygen atoms in total. The van der Waals surface area contributed by atoms with Crippen LogP contribution < -0.4 is 10.6 Å². The van der Waals surface area contributed by atoms with E-state index >= 15 is 0 Å². The Balaban J connectivity index is 1.67. The third kappa shape index (κ3) is 5.46. The second-order valence-corrected chi connectivity index (χ2v) is 6.02. The molecule has 2 atom stereocenters. The van der Waals surface area contributed by atoms with Gasteiger partial charge >= 0.3 is 0 Å². The number of amides is 1. The number of carbonyl (C=O) groups is 1. The van der Waals surface area contributed by atoms with E-state index in [1.807, 2.05) is 6.07 Å². The van der Waals surface area contributed by atoms with Crippen molar-refractivity contribution in [3.8, 4) is 0 Å². The standard InChI is InChI=1S/C17H25FN2O/c1-13(15-5-3-8-19-12-15)10-17(21)20-9-7-14-4-2-6-16(18)11-14/h2,4,6,11,13,15,19H,3,5,7-10,12H2,1H3,(H,20,21). The molecule has 1 aliphatic rings. The van der Waals surface area contributed by atoms with Crippen LogP contribution in [0.4, 0.5) is 4.39 Å². The van der Waals surface area contributed by atoms with Crippen molar-refractivity contribution in [1.29, 1.82) is 0 Å². The Morgan fingerprint density at radius 2 is 2.38 bits per heavy atom. The van der Waals surface area contributed by atoms with Crippen LogP contribution in [0.1, 0.15) is 31.7 Å². The van der Waals surface area contributed by atoms with Gasteiger partial charge in [0.05, 0.1) is 0 Å². The Hall–Kier alpha value is -1.42. The Morgan fingerprint density at radius 1 is 1.52 bits per heavy atom. The SMILES string of the molecule is CC(CC(=O)NCCc1cccc(F)c1)C1CCCNC1. The maximum Gasteiger partial charge on any atom is 0.220 e. The number of rotatable bonds is 6. The number of halogens is 1. The van der Waals surface area contributed by atoms with Gasteiger partial charge in [0.2, 0.25) is 5.91 Å². The Morgan fingerprint density at radius 3 is 3.10 bits per heavy atom. The summed E-state index contributed by atoms with van der Waals surface area (Å²) in [6.07, 6.45) is 3.67. The minimum Gasteiger partial charge on any atom is -0.356 e. The summed E-state index contributed by atoms with van der Waals surface area (Å²) in [6, 6.07) is 6.53. The highest BCUT2D eigenvalue weighted by molar-refractivity contribution is 5.76. The molecule has 1 fully saturated rings. The number of carbonyl (C=O) groups excluding carboxylic acids is 1. The number of piperidine rings is 1. The molecule has 1 aliphatic heterocycles. The van der Waals surface area contributed by atoms with Gasteiger partial charge in [-0.05, 0) is 61.9 Å². The summed E-state index contributed by atoms with van der Waals surface area (Å²) in [5, 5.41) is 6.33. The molecule has 2 unspecified atom stereocenters. The van der Waals surface area contributed by atoms with E-state index in [0.717, 1.165) is 18.7 Å². The first-order chi connectivity index (χ1) is 10.1. The Bertz CT molecular complexity index is 458. The van der Waals surface area contributed by atoms with Crippen LogP contribution in [0.15, 0.2) is 24.3 Å². The van der Waals surface area contributed by atoms with Gasteiger partial charge in [0.15, 0.2) is 0 Å². The molecule has 21 heavy (non-hydrogen) atoms. The molecule has 1 aromatic rings. The van der Waals surface area contributed by atoms with Crippen molar-refractivity contribution in [3.63, 3.8) is 0 Å². The number of hydrogen-bond donors (Lipinski definition) is 2. The molecule has 0 spiro atoms. The number of nitrogens with one attached hydrogen (secondary N) is 2. The van der Waals surface area contributed by atoms with E-state index in [4.69, 9.17) is 0 Å². The third-order valence-electron chi connectivity index (χ3n) is 4.27. The van der Waals surface area contributed by atoms with Gasteiger partial charge in [0.1, 0.15) is 5.82 Å². The zero-order valence-corrected chi connectivity index (χ0v) is 12.7. The molecule has 1 amide bonds. The quantitative estimate of drug-likeness (QED) is 0.846. The zero-order valence-electron chi connectivity index (χ0n) is 12.7. The van der Waals surface area contributed by atoms with Gasteiger partial charge in [0.25, 0.3) is 0 Å². The molecule has 1 heterocycles. The largest absolute Gasteiger partial charge is 0.356 e. The molecule has 0 bridgehead atoms. The molecule has 116 valence electrons. The molecular weight excluding hydrogens is 267 g/mol. The minimum atomic E-state index is -0.225. The summed E-state index contributed by atoms with van der Waals surface area (Å²) >= 11 is 0. The van der Waals surface area contributed by atoms with Crippen molar-refractivity contribution in [1.82, 2.24) is 10.6 Å². The Labute approximate surface area is 126 Å². The van der Waals surface area contributed by atoms with Crippen molar-refractivity contribution >= 4 is 5.91 Å². The van der Waals surface area contributed by atoms with E-state index in [0.29, 0.717) is 31.2 Å². The summed E-state index contributed by atoms with van der Waals surface area (Å²) in [7, 11) is 0. The first-order valence-electron chi connectivity index (χ1n) is 7.87. The Kier molecular flexibility index (Phi) is 6.18. The topological polar surface area (TPSA) is 41.1 Å². The summed E-state index contributed by atoms with van der Waals surface area (Å²) in [5.74, 6) is 0.890. The third-order valence-corrected chi connectivity index (χ3v) is 4.27. The molecule has 4 heteroatoms. The summed E-state index contributed by atoms with van der Waals surface area (Å²) < 4.78 is 13.0. The maximum absolute atomic E-state index is 13.0. The lowest BCUT2D eigenvalue weighted by Crippen LogP contribution is -2.36. The smallest absolute Gasteiger partial charge is 0.220 e. The first-order valence-corrected chi connectivity index (χ1v) is 7.87. The van der Waals surface area contributed by atoms with Gasteiger partial charge in [-0.3, -0.25) is 4.79 Å². The van der Waals surface area contributed by atoms with E-state index in [9.17, 15) is 9.18 Å². The lowest BCUT2D eigenvalue weighted by Gasteiger charge is -2.28. The normalized spacial score (nSPS) is 20.0. The van der Waals surface area contributed by atoms with Crippen LogP contribution in [-0.4, -0.2) is 25.5 Å². The van der Waals surface area contributed by atoms with Crippen LogP contribution in [-0.2, 0) is 11.2 Å². The van der Waals surface area contributed by atoms with Crippen LogP contribution in [0.5, 0.6) is 0 Å². The lowest BCUT2D eigenvalue weighted by molar-refractivity contribution is -0.122. The predicted octanol–water partition coefficient (Wildman–Crippen LogP) is 2.51. The van der Waals surface area contributed by atoms with Gasteiger partial charge in [0, 0.05) is 13.0 Å². The van der Waals surface area contributed by atoms with Crippen molar-refractivity contribution in [2.24, 2.45) is 11.8 Å². The number of benzene rings is 1. The summed E-state index contributed by atoms with van der Waals surface area (Å²) in [4.78, 5) is 11.9. The minimum absolute atomic E-state index is 0.101. The fourth-order valence-electron chi connectivity index (χ4n) is 2.93. The van der Waals surface area contributed by atoms with Crippen molar-refractivity contribution in [2.45, 2.75) is 32.6 Å². The van der Waals surface area contributed by atoms with Crippen molar-refractivity contribution in [2.75, 3.05) is 19.6 Å². The monoisotopic (exact) mass is 292 g/mol. The van der Waals surface area contributed by atoms with Gasteiger partial charge in [-0.1, -0.05) is 19.1 Å². The highest BCUT2D eigenvalue weighted by atomic mass is 19.1. The average Bonchev–Trinajstić information content (AvgIpc) is 2.48. The van der Waals surface area contributed by atoms with Gasteiger partial charge in [-0.25, -0.2) is 4.39 Å². The van der Waals surface area contributed by atoms with E-state index in [1.54, 1.807) is 6.07 Å². The lowest BCUT2D eigenvalue weighted by atomic mass is 9.85. The molecular formula is C17H25FN2O. The molecule has 0 radical (unpaired) electrons. The van der Waals surface area contributed by atoms with E-state index in [-0.39, 0.29) is 11.7 Å². The molecule has 2 rings (SSSR count). The van der Waals surface area contributed by atoms with Crippen LogP contribution in [0, 0.1) is 17.7 Å². The van der Waals surface area contributed by atoms with Crippen LogP contribution in [0.2, 0.25) is 0 Å². The molecule has 2 N–H and O–H groups in total. The second kappa shape index (κ2) is 8.13. The fourth-order valence-corrected chi connectivity index (χ4v) is 2.93. The van der Waals surface area contributed by atoms with E-state index in [2.05, 4.69) is 17.6 Å². The highest BCUT2D eigenvalue weighted by Gasteiger charge is 2.21. The second-order valence-electron chi connectivity index (χ2n) is 6.02. The van der Waals surface area contributed by atoms with Crippen LogP contribution in [0.25, 0.3) is 0 Å². The highest BCUT2D eigenvalue weighted by Crippen LogP contribution is 2.22. The van der Waals surface area contributed by atoms with Crippen molar-refractivity contribution < 1.29 is 9.18 Å².